The second-order valence-electron chi connectivity index (χ2n) is 6.95. The SMILES string of the molecule is CCSc1ccc(NC(=O)NC2CCN(CC(=O)NC3CC3)CC2)cc1. The summed E-state index contributed by atoms with van der Waals surface area (Å²) in [6, 6.07) is 8.32. The molecule has 1 heterocycles. The predicted octanol–water partition coefficient (Wildman–Crippen LogP) is 2.66. The van der Waals surface area contributed by atoms with Gasteiger partial charge in [0.25, 0.3) is 0 Å². The third-order valence-corrected chi connectivity index (χ3v) is 5.55. The maximum absolute atomic E-state index is 12.2. The summed E-state index contributed by atoms with van der Waals surface area (Å²) in [5.74, 6) is 1.16. The molecule has 0 unspecified atom stereocenters. The highest BCUT2D eigenvalue weighted by atomic mass is 32.2. The fourth-order valence-electron chi connectivity index (χ4n) is 3.09. The van der Waals surface area contributed by atoms with E-state index in [-0.39, 0.29) is 18.0 Å². The average molecular weight is 377 g/mol. The summed E-state index contributed by atoms with van der Waals surface area (Å²) in [5.41, 5.74) is 0.803. The van der Waals surface area contributed by atoms with Gasteiger partial charge in [0.05, 0.1) is 6.54 Å². The van der Waals surface area contributed by atoms with E-state index < -0.39 is 0 Å². The first kappa shape index (κ1) is 19.0. The van der Waals surface area contributed by atoms with Gasteiger partial charge in [-0.1, -0.05) is 6.92 Å². The summed E-state index contributed by atoms with van der Waals surface area (Å²) in [6.07, 6.45) is 3.98. The molecule has 0 aromatic heterocycles. The van der Waals surface area contributed by atoms with Gasteiger partial charge in [-0.3, -0.25) is 9.69 Å². The lowest BCUT2D eigenvalue weighted by atomic mass is 10.1. The molecule has 3 rings (SSSR count). The van der Waals surface area contributed by atoms with E-state index in [1.54, 1.807) is 11.8 Å². The Bertz CT molecular complexity index is 610. The second kappa shape index (κ2) is 9.28. The van der Waals surface area contributed by atoms with E-state index in [2.05, 4.69) is 27.8 Å². The lowest BCUT2D eigenvalue weighted by Gasteiger charge is -2.31. The van der Waals surface area contributed by atoms with Crippen LogP contribution >= 0.6 is 11.8 Å². The number of urea groups is 1. The Hall–Kier alpha value is -1.73. The van der Waals surface area contributed by atoms with Crippen LogP contribution in [0.25, 0.3) is 0 Å². The van der Waals surface area contributed by atoms with Gasteiger partial charge in [-0.2, -0.15) is 0 Å². The van der Waals surface area contributed by atoms with Crippen molar-refractivity contribution in [1.82, 2.24) is 15.5 Å². The lowest BCUT2D eigenvalue weighted by Crippen LogP contribution is -2.48. The Morgan fingerprint density at radius 1 is 1.04 bits per heavy atom. The van der Waals surface area contributed by atoms with Crippen LogP contribution < -0.4 is 16.0 Å². The summed E-state index contributed by atoms with van der Waals surface area (Å²) >= 11 is 1.78. The number of piperidine rings is 1. The molecule has 1 aromatic carbocycles. The number of rotatable bonds is 7. The number of amides is 3. The van der Waals surface area contributed by atoms with E-state index in [1.807, 2.05) is 24.3 Å². The molecular weight excluding hydrogens is 348 g/mol. The van der Waals surface area contributed by atoms with Crippen molar-refractivity contribution in [1.29, 1.82) is 0 Å². The van der Waals surface area contributed by atoms with E-state index in [4.69, 9.17) is 0 Å². The zero-order valence-corrected chi connectivity index (χ0v) is 16.1. The largest absolute Gasteiger partial charge is 0.352 e. The fraction of sp³-hybridized carbons (Fsp3) is 0.579. The van der Waals surface area contributed by atoms with Crippen LogP contribution in [-0.2, 0) is 4.79 Å². The molecule has 26 heavy (non-hydrogen) atoms. The molecule has 6 nitrogen and oxygen atoms in total. The van der Waals surface area contributed by atoms with Crippen molar-refractivity contribution in [2.45, 2.75) is 49.6 Å². The molecule has 3 amide bonds. The molecule has 0 bridgehead atoms. The van der Waals surface area contributed by atoms with Gasteiger partial charge in [0.15, 0.2) is 0 Å². The van der Waals surface area contributed by atoms with Gasteiger partial charge < -0.3 is 16.0 Å². The first-order valence-electron chi connectivity index (χ1n) is 9.44. The summed E-state index contributed by atoms with van der Waals surface area (Å²) in [7, 11) is 0. The minimum Gasteiger partial charge on any atom is -0.352 e. The van der Waals surface area contributed by atoms with Crippen LogP contribution in [0.5, 0.6) is 0 Å². The Kier molecular flexibility index (Phi) is 6.80. The van der Waals surface area contributed by atoms with Gasteiger partial charge in [-0.25, -0.2) is 4.79 Å². The number of nitrogens with zero attached hydrogens (tertiary/aromatic N) is 1. The van der Waals surface area contributed by atoms with Crippen molar-refractivity contribution < 1.29 is 9.59 Å². The Balaban J connectivity index is 1.35. The third kappa shape index (κ3) is 6.21. The van der Waals surface area contributed by atoms with Gasteiger partial charge in [0.1, 0.15) is 0 Å². The quantitative estimate of drug-likeness (QED) is 0.640. The van der Waals surface area contributed by atoms with Crippen molar-refractivity contribution in [3.8, 4) is 0 Å². The average Bonchev–Trinajstić information content (AvgIpc) is 3.42. The Labute approximate surface area is 159 Å². The van der Waals surface area contributed by atoms with Crippen molar-refractivity contribution in [3.05, 3.63) is 24.3 Å². The van der Waals surface area contributed by atoms with Crippen molar-refractivity contribution >= 4 is 29.4 Å². The molecule has 1 aromatic rings. The van der Waals surface area contributed by atoms with Crippen LogP contribution in [0, 0.1) is 0 Å². The highest BCUT2D eigenvalue weighted by molar-refractivity contribution is 7.99. The van der Waals surface area contributed by atoms with E-state index >= 15 is 0 Å². The molecule has 0 spiro atoms. The Morgan fingerprint density at radius 3 is 2.31 bits per heavy atom. The van der Waals surface area contributed by atoms with Crippen LogP contribution in [0.4, 0.5) is 10.5 Å². The maximum atomic E-state index is 12.2. The standard InChI is InChI=1S/C19H28N4O2S/c1-2-26-17-7-5-15(6-8-17)21-19(25)22-16-9-11-23(12-10-16)13-18(24)20-14-3-4-14/h5-8,14,16H,2-4,9-13H2,1H3,(H,20,24)(H2,21,22,25). The summed E-state index contributed by atoms with van der Waals surface area (Å²) < 4.78 is 0. The van der Waals surface area contributed by atoms with Gasteiger partial charge >= 0.3 is 6.03 Å². The van der Waals surface area contributed by atoms with E-state index in [0.717, 1.165) is 50.2 Å². The predicted molar refractivity (Wildman–Crippen MR) is 106 cm³/mol. The van der Waals surface area contributed by atoms with Crippen LogP contribution in [0.1, 0.15) is 32.6 Å². The molecule has 1 saturated carbocycles. The first-order valence-corrected chi connectivity index (χ1v) is 10.4. The maximum Gasteiger partial charge on any atom is 0.319 e. The number of hydrogen-bond donors (Lipinski definition) is 3. The normalized spacial score (nSPS) is 18.3. The van der Waals surface area contributed by atoms with Crippen LogP contribution in [-0.4, -0.2) is 54.3 Å². The molecule has 2 fully saturated rings. The summed E-state index contributed by atoms with van der Waals surface area (Å²) in [5, 5.41) is 8.96. The molecule has 3 N–H and O–H groups in total. The number of benzene rings is 1. The Morgan fingerprint density at radius 2 is 1.69 bits per heavy atom. The number of nitrogens with one attached hydrogen (secondary N) is 3. The first-order chi connectivity index (χ1) is 12.6. The van der Waals surface area contributed by atoms with E-state index in [9.17, 15) is 9.59 Å². The van der Waals surface area contributed by atoms with Crippen LogP contribution in [0.2, 0.25) is 0 Å². The number of carbonyl (C=O) groups excluding carboxylic acids is 2. The summed E-state index contributed by atoms with van der Waals surface area (Å²) in [4.78, 5) is 27.4. The van der Waals surface area contributed by atoms with Crippen molar-refractivity contribution in [2.24, 2.45) is 0 Å². The fourth-order valence-corrected chi connectivity index (χ4v) is 3.76. The second-order valence-corrected chi connectivity index (χ2v) is 8.29. The zero-order valence-electron chi connectivity index (χ0n) is 15.3. The van der Waals surface area contributed by atoms with Gasteiger partial charge in [0, 0.05) is 35.8 Å². The number of hydrogen-bond acceptors (Lipinski definition) is 4. The molecule has 0 radical (unpaired) electrons. The van der Waals surface area contributed by atoms with E-state index in [1.165, 1.54) is 4.90 Å². The molecule has 2 aliphatic rings. The van der Waals surface area contributed by atoms with Crippen LogP contribution in [0.15, 0.2) is 29.2 Å². The molecule has 142 valence electrons. The molecular formula is C19H28N4O2S. The van der Waals surface area contributed by atoms with Gasteiger partial charge in [-0.05, 0) is 55.7 Å². The minimum absolute atomic E-state index is 0.126. The highest BCUT2D eigenvalue weighted by Gasteiger charge is 2.26. The molecule has 7 heteroatoms. The molecule has 1 aliphatic carbocycles. The van der Waals surface area contributed by atoms with Crippen molar-refractivity contribution in [2.75, 3.05) is 30.7 Å². The van der Waals surface area contributed by atoms with Crippen molar-refractivity contribution in [3.63, 3.8) is 0 Å². The lowest BCUT2D eigenvalue weighted by molar-refractivity contribution is -0.122. The third-order valence-electron chi connectivity index (χ3n) is 4.66. The smallest absolute Gasteiger partial charge is 0.319 e. The highest BCUT2D eigenvalue weighted by Crippen LogP contribution is 2.20. The number of likely N-dealkylation sites (tertiary alicyclic amines) is 1. The molecule has 1 saturated heterocycles. The minimum atomic E-state index is -0.161. The number of carbonyl (C=O) groups is 2. The molecule has 1 aliphatic heterocycles. The monoisotopic (exact) mass is 376 g/mol. The van der Waals surface area contributed by atoms with Gasteiger partial charge in [-0.15, -0.1) is 11.8 Å². The van der Waals surface area contributed by atoms with Crippen LogP contribution in [0.3, 0.4) is 0 Å². The topological polar surface area (TPSA) is 73.5 Å². The number of anilines is 1. The molecule has 0 atom stereocenters. The zero-order chi connectivity index (χ0) is 18.4. The van der Waals surface area contributed by atoms with E-state index in [0.29, 0.717) is 12.6 Å². The van der Waals surface area contributed by atoms with Gasteiger partial charge in [0.2, 0.25) is 5.91 Å². The summed E-state index contributed by atoms with van der Waals surface area (Å²) in [6.45, 7) is 4.27. The number of thioether (sulfide) groups is 1.